The van der Waals surface area contributed by atoms with Crippen molar-refractivity contribution in [3.63, 3.8) is 0 Å². The third-order valence-electron chi connectivity index (χ3n) is 6.26. The molecule has 2 heterocycles. The molecule has 3 amide bonds. The molecule has 4 rings (SSSR count). The van der Waals surface area contributed by atoms with Crippen molar-refractivity contribution in [1.82, 2.24) is 15.1 Å². The van der Waals surface area contributed by atoms with Crippen LogP contribution in [0.25, 0.3) is 0 Å². The van der Waals surface area contributed by atoms with Crippen molar-refractivity contribution in [3.8, 4) is 5.75 Å². The number of nitrogens with one attached hydrogen (secondary N) is 1. The summed E-state index contributed by atoms with van der Waals surface area (Å²) in [4.78, 5) is 48.9. The van der Waals surface area contributed by atoms with Crippen molar-refractivity contribution in [1.29, 1.82) is 0 Å². The SMILES string of the molecule is CCN(CC)Cc1ccc(COc2cccc3c2CN(C2CCC(=O)NC2=O)C3=O)cc1.O=CO. The number of amides is 3. The number of rotatable bonds is 8. The number of hydrogen-bond acceptors (Lipinski definition) is 6. The Morgan fingerprint density at radius 1 is 1.09 bits per heavy atom. The lowest BCUT2D eigenvalue weighted by atomic mass is 10.0. The van der Waals surface area contributed by atoms with Gasteiger partial charge in [-0.1, -0.05) is 44.2 Å². The summed E-state index contributed by atoms with van der Waals surface area (Å²) in [5.74, 6) is -0.240. The van der Waals surface area contributed by atoms with Gasteiger partial charge in [-0.3, -0.25) is 29.4 Å². The maximum atomic E-state index is 12.9. The third kappa shape index (κ3) is 6.24. The van der Waals surface area contributed by atoms with Crippen LogP contribution in [0.5, 0.6) is 5.75 Å². The minimum atomic E-state index is -0.626. The summed E-state index contributed by atoms with van der Waals surface area (Å²) in [5, 5.41) is 9.22. The molecule has 1 fully saturated rings. The zero-order chi connectivity index (χ0) is 25.4. The molecule has 35 heavy (non-hydrogen) atoms. The fourth-order valence-corrected chi connectivity index (χ4v) is 4.30. The highest BCUT2D eigenvalue weighted by molar-refractivity contribution is 6.05. The molecule has 1 saturated heterocycles. The van der Waals surface area contributed by atoms with Crippen molar-refractivity contribution in [3.05, 3.63) is 64.7 Å². The van der Waals surface area contributed by atoms with Gasteiger partial charge in [-0.05, 0) is 42.8 Å². The number of ether oxygens (including phenoxy) is 1. The van der Waals surface area contributed by atoms with Crippen LogP contribution in [0.4, 0.5) is 0 Å². The van der Waals surface area contributed by atoms with Crippen LogP contribution in [0.3, 0.4) is 0 Å². The molecule has 2 aromatic rings. The van der Waals surface area contributed by atoms with E-state index in [4.69, 9.17) is 14.6 Å². The van der Waals surface area contributed by atoms with Gasteiger partial charge in [0.05, 0.1) is 6.54 Å². The summed E-state index contributed by atoms with van der Waals surface area (Å²) in [5.41, 5.74) is 3.67. The zero-order valence-corrected chi connectivity index (χ0v) is 20.0. The molecule has 0 aliphatic carbocycles. The minimum absolute atomic E-state index is 0.194. The van der Waals surface area contributed by atoms with Gasteiger partial charge in [0.2, 0.25) is 11.8 Å². The van der Waals surface area contributed by atoms with Crippen molar-refractivity contribution >= 4 is 24.2 Å². The van der Waals surface area contributed by atoms with Gasteiger partial charge < -0.3 is 14.7 Å². The first-order valence-electron chi connectivity index (χ1n) is 11.7. The molecule has 0 spiro atoms. The van der Waals surface area contributed by atoms with E-state index < -0.39 is 11.9 Å². The number of benzene rings is 2. The number of carboxylic acid groups (broad SMARTS) is 1. The van der Waals surface area contributed by atoms with Crippen LogP contribution in [-0.4, -0.2) is 58.2 Å². The first-order valence-corrected chi connectivity index (χ1v) is 11.7. The van der Waals surface area contributed by atoms with E-state index in [1.54, 1.807) is 17.0 Å². The maximum absolute atomic E-state index is 12.9. The minimum Gasteiger partial charge on any atom is -0.489 e. The zero-order valence-electron chi connectivity index (χ0n) is 20.0. The highest BCUT2D eigenvalue weighted by atomic mass is 16.5. The van der Waals surface area contributed by atoms with Crippen molar-refractivity contribution in [2.45, 2.75) is 52.4 Å². The molecule has 0 saturated carbocycles. The normalized spacial score (nSPS) is 16.9. The van der Waals surface area contributed by atoms with E-state index >= 15 is 0 Å². The van der Waals surface area contributed by atoms with Gasteiger partial charge in [-0.15, -0.1) is 0 Å². The lowest BCUT2D eigenvalue weighted by Crippen LogP contribution is -2.52. The lowest BCUT2D eigenvalue weighted by molar-refractivity contribution is -0.137. The molecule has 0 aromatic heterocycles. The summed E-state index contributed by atoms with van der Waals surface area (Å²) in [6.45, 7) is 7.75. The quantitative estimate of drug-likeness (QED) is 0.440. The van der Waals surface area contributed by atoms with E-state index in [0.717, 1.165) is 30.8 Å². The van der Waals surface area contributed by atoms with Crippen LogP contribution in [-0.2, 0) is 34.1 Å². The van der Waals surface area contributed by atoms with Crippen LogP contribution < -0.4 is 10.1 Å². The molecule has 1 unspecified atom stereocenters. The van der Waals surface area contributed by atoms with E-state index in [1.807, 2.05) is 6.07 Å². The monoisotopic (exact) mass is 481 g/mol. The Labute approximate surface area is 204 Å². The van der Waals surface area contributed by atoms with Crippen LogP contribution in [0.1, 0.15) is 53.7 Å². The number of carbonyl (C=O) groups is 4. The average Bonchev–Trinajstić information content (AvgIpc) is 3.19. The summed E-state index contributed by atoms with van der Waals surface area (Å²) < 4.78 is 6.08. The van der Waals surface area contributed by atoms with Gasteiger partial charge in [0.1, 0.15) is 18.4 Å². The molecular formula is C26H31N3O6. The fraction of sp³-hybridized carbons (Fsp3) is 0.385. The molecule has 2 aromatic carbocycles. The number of fused-ring (bicyclic) bond motifs is 1. The van der Waals surface area contributed by atoms with E-state index in [2.05, 4.69) is 48.3 Å². The fourth-order valence-electron chi connectivity index (χ4n) is 4.30. The van der Waals surface area contributed by atoms with Crippen LogP contribution in [0, 0.1) is 0 Å². The molecule has 2 N–H and O–H groups in total. The largest absolute Gasteiger partial charge is 0.489 e. The van der Waals surface area contributed by atoms with E-state index in [9.17, 15) is 14.4 Å². The summed E-state index contributed by atoms with van der Waals surface area (Å²) in [6.07, 6.45) is 0.588. The van der Waals surface area contributed by atoms with Gasteiger partial charge in [0.15, 0.2) is 0 Å². The topological polar surface area (TPSA) is 116 Å². The Morgan fingerprint density at radius 2 is 1.74 bits per heavy atom. The molecule has 186 valence electrons. The van der Waals surface area contributed by atoms with Crippen LogP contribution >= 0.6 is 0 Å². The van der Waals surface area contributed by atoms with Crippen molar-refractivity contribution < 1.29 is 29.0 Å². The molecule has 9 nitrogen and oxygen atoms in total. The number of hydrogen-bond donors (Lipinski definition) is 2. The molecule has 1 atom stereocenters. The second kappa shape index (κ2) is 12.1. The van der Waals surface area contributed by atoms with Gasteiger partial charge in [0.25, 0.3) is 12.4 Å². The first-order chi connectivity index (χ1) is 16.9. The highest BCUT2D eigenvalue weighted by Gasteiger charge is 2.40. The molecule has 0 bridgehead atoms. The van der Waals surface area contributed by atoms with Crippen LogP contribution in [0.15, 0.2) is 42.5 Å². The molecule has 2 aliphatic rings. The summed E-state index contributed by atoms with van der Waals surface area (Å²) in [7, 11) is 0. The van der Waals surface area contributed by atoms with Gasteiger partial charge in [-0.2, -0.15) is 0 Å². The second-order valence-electron chi connectivity index (χ2n) is 8.35. The van der Waals surface area contributed by atoms with Crippen molar-refractivity contribution in [2.24, 2.45) is 0 Å². The number of nitrogens with zero attached hydrogens (tertiary/aromatic N) is 2. The predicted octanol–water partition coefficient (Wildman–Crippen LogP) is 2.57. The first kappa shape index (κ1) is 25.9. The summed E-state index contributed by atoms with van der Waals surface area (Å²) >= 11 is 0. The highest BCUT2D eigenvalue weighted by Crippen LogP contribution is 2.33. The van der Waals surface area contributed by atoms with E-state index in [-0.39, 0.29) is 24.7 Å². The smallest absolute Gasteiger partial charge is 0.290 e. The van der Waals surface area contributed by atoms with E-state index in [0.29, 0.717) is 30.9 Å². The molecule has 0 radical (unpaired) electrons. The van der Waals surface area contributed by atoms with Crippen LogP contribution in [0.2, 0.25) is 0 Å². The predicted molar refractivity (Wildman–Crippen MR) is 129 cm³/mol. The second-order valence-corrected chi connectivity index (χ2v) is 8.35. The third-order valence-corrected chi connectivity index (χ3v) is 6.26. The standard InChI is InChI=1S/C25H29N3O4.CH2O2/c1-3-27(4-2)14-17-8-10-18(11-9-17)16-32-22-7-5-6-19-20(22)15-28(25(19)31)21-12-13-23(29)26-24(21)30;2-1-3/h5-11,21H,3-4,12-16H2,1-2H3,(H,26,29,30);1H,(H,2,3). The molecule has 9 heteroatoms. The molecular weight excluding hydrogens is 450 g/mol. The van der Waals surface area contributed by atoms with E-state index in [1.165, 1.54) is 5.56 Å². The van der Waals surface area contributed by atoms with Gasteiger partial charge >= 0.3 is 0 Å². The summed E-state index contributed by atoms with van der Waals surface area (Å²) in [6, 6.07) is 13.2. The Balaban J connectivity index is 0.00000108. The average molecular weight is 482 g/mol. The number of carbonyl (C=O) groups excluding carboxylic acids is 3. The van der Waals surface area contributed by atoms with Gasteiger partial charge in [-0.25, -0.2) is 0 Å². The number of piperidine rings is 1. The molecule has 2 aliphatic heterocycles. The lowest BCUT2D eigenvalue weighted by Gasteiger charge is -2.29. The maximum Gasteiger partial charge on any atom is 0.290 e. The van der Waals surface area contributed by atoms with Gasteiger partial charge in [0, 0.05) is 24.1 Å². The van der Waals surface area contributed by atoms with Crippen molar-refractivity contribution in [2.75, 3.05) is 13.1 Å². The Morgan fingerprint density at radius 3 is 2.37 bits per heavy atom. The Bertz CT molecular complexity index is 1070. The Kier molecular flexibility index (Phi) is 8.97. The number of imide groups is 1. The Hall–Kier alpha value is -3.72.